The number of fused-ring (bicyclic) bond motifs is 4. The zero-order valence-corrected chi connectivity index (χ0v) is 21.8. The number of hydrogen-bond donors (Lipinski definition) is 1. The monoisotopic (exact) mass is 517 g/mol. The molecule has 1 spiro atoms. The van der Waals surface area contributed by atoms with Gasteiger partial charge in [-0.05, 0) is 51.3 Å². The van der Waals surface area contributed by atoms with Gasteiger partial charge in [-0.25, -0.2) is 0 Å². The Labute approximate surface area is 222 Å². The van der Waals surface area contributed by atoms with E-state index >= 15 is 0 Å². The Morgan fingerprint density at radius 3 is 2.66 bits per heavy atom. The number of ether oxygens (including phenoxy) is 1. The van der Waals surface area contributed by atoms with Crippen molar-refractivity contribution in [1.29, 1.82) is 0 Å². The normalized spacial score (nSPS) is 25.4. The number of imide groups is 1. The van der Waals surface area contributed by atoms with Gasteiger partial charge in [-0.2, -0.15) is 5.10 Å². The van der Waals surface area contributed by atoms with E-state index in [1.165, 1.54) is 43.2 Å². The molecule has 4 aliphatic heterocycles. The maximum absolute atomic E-state index is 13.2. The van der Waals surface area contributed by atoms with Crippen LogP contribution in [0.4, 0.5) is 0 Å². The molecule has 38 heavy (non-hydrogen) atoms. The van der Waals surface area contributed by atoms with E-state index < -0.39 is 6.04 Å². The predicted molar refractivity (Wildman–Crippen MR) is 139 cm³/mol. The predicted octanol–water partition coefficient (Wildman–Crippen LogP) is 3.08. The van der Waals surface area contributed by atoms with Gasteiger partial charge in [0.1, 0.15) is 11.8 Å². The second-order valence-electron chi connectivity index (χ2n) is 11.8. The Kier molecular flexibility index (Phi) is 5.80. The van der Waals surface area contributed by atoms with Crippen LogP contribution in [0.2, 0.25) is 0 Å². The van der Waals surface area contributed by atoms with Crippen LogP contribution in [0.15, 0.2) is 24.5 Å². The summed E-state index contributed by atoms with van der Waals surface area (Å²) in [6, 6.07) is 3.96. The van der Waals surface area contributed by atoms with E-state index in [2.05, 4.69) is 27.2 Å². The van der Waals surface area contributed by atoms with Crippen LogP contribution in [-0.4, -0.2) is 63.0 Å². The fourth-order valence-corrected chi connectivity index (χ4v) is 7.30. The minimum absolute atomic E-state index is 0.0295. The molecule has 1 N–H and O–H groups in total. The lowest BCUT2D eigenvalue weighted by Crippen LogP contribution is -2.52. The zero-order chi connectivity index (χ0) is 25.9. The van der Waals surface area contributed by atoms with Crippen molar-refractivity contribution < 1.29 is 19.1 Å². The molecule has 1 saturated carbocycles. The second-order valence-corrected chi connectivity index (χ2v) is 11.8. The van der Waals surface area contributed by atoms with Crippen LogP contribution in [0.5, 0.6) is 5.75 Å². The summed E-state index contributed by atoms with van der Waals surface area (Å²) in [6.45, 7) is 3.91. The van der Waals surface area contributed by atoms with Crippen molar-refractivity contribution in [1.82, 2.24) is 24.9 Å². The van der Waals surface area contributed by atoms with Gasteiger partial charge < -0.3 is 9.64 Å². The summed E-state index contributed by atoms with van der Waals surface area (Å²) in [5, 5.41) is 7.07. The molecule has 2 saturated heterocycles. The maximum atomic E-state index is 13.2. The molecule has 1 unspecified atom stereocenters. The van der Waals surface area contributed by atoms with E-state index in [1.807, 2.05) is 12.3 Å². The summed E-state index contributed by atoms with van der Waals surface area (Å²) >= 11 is 0. The highest BCUT2D eigenvalue weighted by atomic mass is 16.5. The Morgan fingerprint density at radius 1 is 1.05 bits per heavy atom. The maximum Gasteiger partial charge on any atom is 0.255 e. The highest BCUT2D eigenvalue weighted by Gasteiger charge is 2.47. The lowest BCUT2D eigenvalue weighted by atomic mass is 9.74. The van der Waals surface area contributed by atoms with Crippen LogP contribution in [-0.2, 0) is 28.1 Å². The summed E-state index contributed by atoms with van der Waals surface area (Å²) in [6.07, 6.45) is 13.4. The molecule has 1 atom stereocenters. The van der Waals surface area contributed by atoms with Gasteiger partial charge in [0, 0.05) is 46.8 Å². The molecule has 200 valence electrons. The largest absolute Gasteiger partial charge is 0.492 e. The summed E-state index contributed by atoms with van der Waals surface area (Å²) in [5.74, 6) is 0.0392. The number of nitrogens with one attached hydrogen (secondary N) is 1. The molecule has 5 aliphatic rings. The smallest absolute Gasteiger partial charge is 0.255 e. The quantitative estimate of drug-likeness (QED) is 0.627. The van der Waals surface area contributed by atoms with Crippen LogP contribution in [0.25, 0.3) is 0 Å². The first-order valence-electron chi connectivity index (χ1n) is 14.2. The van der Waals surface area contributed by atoms with Crippen LogP contribution in [0.1, 0.15) is 90.9 Å². The summed E-state index contributed by atoms with van der Waals surface area (Å²) in [4.78, 5) is 41.4. The minimum Gasteiger partial charge on any atom is -0.492 e. The van der Waals surface area contributed by atoms with E-state index in [0.29, 0.717) is 31.2 Å². The third-order valence-electron chi connectivity index (χ3n) is 9.55. The van der Waals surface area contributed by atoms with E-state index in [0.717, 1.165) is 43.8 Å². The Morgan fingerprint density at radius 2 is 1.87 bits per heavy atom. The third kappa shape index (κ3) is 3.94. The van der Waals surface area contributed by atoms with Gasteiger partial charge in [-0.15, -0.1) is 0 Å². The molecule has 9 heteroatoms. The summed E-state index contributed by atoms with van der Waals surface area (Å²) < 4.78 is 8.52. The number of benzene rings is 1. The molecular weight excluding hydrogens is 482 g/mol. The highest BCUT2D eigenvalue weighted by molar-refractivity contribution is 6.05. The van der Waals surface area contributed by atoms with Gasteiger partial charge in [0.05, 0.1) is 25.4 Å². The number of hydrogen-bond acceptors (Lipinski definition) is 6. The highest BCUT2D eigenvalue weighted by Crippen LogP contribution is 2.49. The van der Waals surface area contributed by atoms with E-state index in [9.17, 15) is 14.4 Å². The van der Waals surface area contributed by atoms with Crippen LogP contribution >= 0.6 is 0 Å². The van der Waals surface area contributed by atoms with Crippen molar-refractivity contribution in [2.45, 2.75) is 88.4 Å². The van der Waals surface area contributed by atoms with Gasteiger partial charge in [0.25, 0.3) is 5.91 Å². The molecule has 3 amide bonds. The lowest BCUT2D eigenvalue weighted by molar-refractivity contribution is -0.136. The number of aromatic nitrogens is 2. The van der Waals surface area contributed by atoms with Crippen LogP contribution in [0.3, 0.4) is 0 Å². The topological polar surface area (TPSA) is 96.8 Å². The third-order valence-corrected chi connectivity index (χ3v) is 9.55. The fraction of sp³-hybridized carbons (Fsp3) is 0.586. The van der Waals surface area contributed by atoms with Crippen molar-refractivity contribution >= 4 is 17.7 Å². The molecule has 7 rings (SSSR count). The fourth-order valence-electron chi connectivity index (χ4n) is 7.30. The zero-order valence-electron chi connectivity index (χ0n) is 21.8. The van der Waals surface area contributed by atoms with Gasteiger partial charge in [0.15, 0.2) is 0 Å². The minimum atomic E-state index is -0.607. The molecule has 9 nitrogen and oxygen atoms in total. The van der Waals surface area contributed by atoms with Crippen molar-refractivity contribution in [2.24, 2.45) is 0 Å². The Hall–Kier alpha value is -3.20. The van der Waals surface area contributed by atoms with Gasteiger partial charge >= 0.3 is 0 Å². The van der Waals surface area contributed by atoms with Gasteiger partial charge in [-0.1, -0.05) is 25.3 Å². The van der Waals surface area contributed by atoms with E-state index in [4.69, 9.17) is 9.84 Å². The summed E-state index contributed by atoms with van der Waals surface area (Å²) in [5.41, 5.74) is 3.99. The van der Waals surface area contributed by atoms with Crippen molar-refractivity contribution in [3.05, 3.63) is 46.8 Å². The van der Waals surface area contributed by atoms with E-state index in [1.54, 1.807) is 4.90 Å². The number of rotatable bonds is 4. The van der Waals surface area contributed by atoms with Gasteiger partial charge in [-0.3, -0.25) is 29.3 Å². The first-order valence-corrected chi connectivity index (χ1v) is 14.2. The SMILES string of the molecule is O=C1CCC(N2Cc3c(ccc4c3OCC43CCN(Cc4cnn(C5CCCCC5)c4)CC3)C2=O)C(=O)N1. The number of carbonyl (C=O) groups excluding carboxylic acids is 3. The number of likely N-dealkylation sites (tertiary alicyclic amines) is 1. The number of carbonyl (C=O) groups is 3. The first kappa shape index (κ1) is 23.9. The number of amides is 3. The molecule has 1 aliphatic carbocycles. The van der Waals surface area contributed by atoms with Crippen molar-refractivity contribution in [3.63, 3.8) is 0 Å². The lowest BCUT2D eigenvalue weighted by Gasteiger charge is -2.38. The number of nitrogens with zero attached hydrogens (tertiary/aromatic N) is 4. The second kappa shape index (κ2) is 9.22. The van der Waals surface area contributed by atoms with Gasteiger partial charge in [0.2, 0.25) is 11.8 Å². The molecule has 1 aromatic carbocycles. The molecule has 3 fully saturated rings. The van der Waals surface area contributed by atoms with Crippen molar-refractivity contribution in [3.8, 4) is 5.75 Å². The average Bonchev–Trinajstić information content (AvgIpc) is 3.63. The molecule has 0 radical (unpaired) electrons. The molecular formula is C29H35N5O4. The number of piperidine rings is 2. The van der Waals surface area contributed by atoms with Crippen molar-refractivity contribution in [2.75, 3.05) is 19.7 Å². The van der Waals surface area contributed by atoms with E-state index in [-0.39, 0.29) is 29.6 Å². The standard InChI is InChI=1S/C29H35N5O4/c35-25-9-8-24(27(36)31-25)33-17-22-21(28(33)37)6-7-23-26(22)38-18-29(23)10-12-32(13-11-29)15-19-14-30-34(16-19)20-4-2-1-3-5-20/h6-7,14,16,20,24H,1-5,8-13,15,17-18H2,(H,31,35,36). The summed E-state index contributed by atoms with van der Waals surface area (Å²) in [7, 11) is 0. The average molecular weight is 518 g/mol. The molecule has 5 heterocycles. The first-order chi connectivity index (χ1) is 18.5. The Bertz CT molecular complexity index is 1290. The molecule has 0 bridgehead atoms. The molecule has 2 aromatic rings. The molecule has 1 aromatic heterocycles. The van der Waals surface area contributed by atoms with Crippen LogP contribution < -0.4 is 10.1 Å². The van der Waals surface area contributed by atoms with Crippen LogP contribution in [0, 0.1) is 0 Å². The Balaban J connectivity index is 1.03.